The van der Waals surface area contributed by atoms with Crippen molar-refractivity contribution in [1.82, 2.24) is 0 Å². The van der Waals surface area contributed by atoms with Crippen LogP contribution >= 0.6 is 0 Å². The third kappa shape index (κ3) is 3.54. The Morgan fingerprint density at radius 2 is 2.00 bits per heavy atom. The van der Waals surface area contributed by atoms with Crippen molar-refractivity contribution >= 4 is 12.3 Å². The van der Waals surface area contributed by atoms with Crippen molar-refractivity contribution in [3.05, 3.63) is 35.4 Å². The van der Waals surface area contributed by atoms with Gasteiger partial charge in [-0.05, 0) is 30.0 Å². The monoisotopic (exact) mass is 206 g/mol. The summed E-state index contributed by atoms with van der Waals surface area (Å²) in [5.41, 5.74) is 1.36. The quantitative estimate of drug-likeness (QED) is 0.751. The summed E-state index contributed by atoms with van der Waals surface area (Å²) in [6.45, 7) is 2.00. The highest BCUT2D eigenvalue weighted by Crippen LogP contribution is 2.12. The average Bonchev–Trinajstić information content (AvgIpc) is 2.18. The van der Waals surface area contributed by atoms with E-state index in [0.29, 0.717) is 17.9 Å². The number of aromatic carboxylic acids is 1. The molecule has 0 aromatic heterocycles. The molecule has 80 valence electrons. The highest BCUT2D eigenvalue weighted by atomic mass is 16.4. The van der Waals surface area contributed by atoms with Crippen LogP contribution in [0.3, 0.4) is 0 Å². The van der Waals surface area contributed by atoms with Crippen LogP contribution in [-0.2, 0) is 11.2 Å². The zero-order valence-corrected chi connectivity index (χ0v) is 8.64. The number of rotatable bonds is 5. The molecule has 0 saturated carbocycles. The maximum atomic E-state index is 10.6. The van der Waals surface area contributed by atoms with Gasteiger partial charge in [-0.3, -0.25) is 0 Å². The first-order chi connectivity index (χ1) is 7.13. The number of carboxylic acids is 1. The molecule has 1 aromatic rings. The Labute approximate surface area is 88.7 Å². The molecule has 1 unspecified atom stereocenters. The van der Waals surface area contributed by atoms with Crippen molar-refractivity contribution in [3.8, 4) is 0 Å². The van der Waals surface area contributed by atoms with Crippen LogP contribution in [0.4, 0.5) is 0 Å². The fraction of sp³-hybridized carbons (Fsp3) is 0.333. The molecule has 0 radical (unpaired) electrons. The summed E-state index contributed by atoms with van der Waals surface area (Å²) in [5.74, 6) is -0.610. The smallest absolute Gasteiger partial charge is 0.335 e. The summed E-state index contributed by atoms with van der Waals surface area (Å²) >= 11 is 0. The number of carboxylic acid groups (broad SMARTS) is 1. The Kier molecular flexibility index (Phi) is 4.03. The highest BCUT2D eigenvalue weighted by molar-refractivity contribution is 5.87. The van der Waals surface area contributed by atoms with Gasteiger partial charge in [0.15, 0.2) is 0 Å². The normalized spacial score (nSPS) is 12.1. The van der Waals surface area contributed by atoms with E-state index in [1.807, 2.05) is 6.92 Å². The summed E-state index contributed by atoms with van der Waals surface area (Å²) in [7, 11) is 0. The standard InChI is InChI=1S/C12H14O3/c1-9(6-7-13)8-10-2-4-11(5-3-10)12(14)15/h2-5,7,9H,6,8H2,1H3,(H,14,15). The van der Waals surface area contributed by atoms with Crippen molar-refractivity contribution in [3.63, 3.8) is 0 Å². The molecule has 0 bridgehead atoms. The maximum absolute atomic E-state index is 10.6. The van der Waals surface area contributed by atoms with Crippen LogP contribution in [0.15, 0.2) is 24.3 Å². The second-order valence-corrected chi connectivity index (χ2v) is 3.71. The SMILES string of the molecule is CC(CC=O)Cc1ccc(C(=O)O)cc1. The third-order valence-corrected chi connectivity index (χ3v) is 2.28. The first kappa shape index (κ1) is 11.4. The van der Waals surface area contributed by atoms with Gasteiger partial charge in [0.05, 0.1) is 5.56 Å². The summed E-state index contributed by atoms with van der Waals surface area (Å²) in [5, 5.41) is 8.70. The minimum Gasteiger partial charge on any atom is -0.478 e. The fourth-order valence-corrected chi connectivity index (χ4v) is 1.43. The molecule has 1 N–H and O–H groups in total. The van der Waals surface area contributed by atoms with Gasteiger partial charge < -0.3 is 9.90 Å². The maximum Gasteiger partial charge on any atom is 0.335 e. The van der Waals surface area contributed by atoms with E-state index < -0.39 is 5.97 Å². The van der Waals surface area contributed by atoms with E-state index in [0.717, 1.165) is 18.3 Å². The number of benzene rings is 1. The van der Waals surface area contributed by atoms with Crippen molar-refractivity contribution in [2.24, 2.45) is 5.92 Å². The molecule has 0 fully saturated rings. The van der Waals surface area contributed by atoms with E-state index in [4.69, 9.17) is 5.11 Å². The van der Waals surface area contributed by atoms with E-state index in [1.165, 1.54) is 0 Å². The van der Waals surface area contributed by atoms with Gasteiger partial charge in [-0.1, -0.05) is 19.1 Å². The van der Waals surface area contributed by atoms with Gasteiger partial charge in [0.2, 0.25) is 0 Å². The fourth-order valence-electron chi connectivity index (χ4n) is 1.43. The van der Waals surface area contributed by atoms with Crippen molar-refractivity contribution in [2.75, 3.05) is 0 Å². The van der Waals surface area contributed by atoms with Gasteiger partial charge >= 0.3 is 5.97 Å². The van der Waals surface area contributed by atoms with Crippen LogP contribution in [0.1, 0.15) is 29.3 Å². The molecule has 0 aliphatic heterocycles. The van der Waals surface area contributed by atoms with Gasteiger partial charge in [0.1, 0.15) is 6.29 Å². The summed E-state index contributed by atoms with van der Waals surface area (Å²) in [4.78, 5) is 20.9. The van der Waals surface area contributed by atoms with Crippen molar-refractivity contribution < 1.29 is 14.7 Å². The molecule has 0 spiro atoms. The molecule has 0 heterocycles. The number of carbonyl (C=O) groups is 2. The van der Waals surface area contributed by atoms with Crippen LogP contribution in [-0.4, -0.2) is 17.4 Å². The van der Waals surface area contributed by atoms with E-state index >= 15 is 0 Å². The summed E-state index contributed by atoms with van der Waals surface area (Å²) in [6.07, 6.45) is 2.26. The number of aldehydes is 1. The van der Waals surface area contributed by atoms with E-state index in [2.05, 4.69) is 0 Å². The van der Waals surface area contributed by atoms with Crippen LogP contribution in [0, 0.1) is 5.92 Å². The molecule has 1 rings (SSSR count). The number of carbonyl (C=O) groups excluding carboxylic acids is 1. The molecule has 3 nitrogen and oxygen atoms in total. The Hall–Kier alpha value is -1.64. The van der Waals surface area contributed by atoms with Gasteiger partial charge in [-0.2, -0.15) is 0 Å². The molecule has 3 heteroatoms. The molecule has 0 aliphatic rings. The zero-order valence-electron chi connectivity index (χ0n) is 8.64. The average molecular weight is 206 g/mol. The molecule has 1 aromatic carbocycles. The van der Waals surface area contributed by atoms with E-state index in [9.17, 15) is 9.59 Å². The van der Waals surface area contributed by atoms with Crippen LogP contribution in [0.5, 0.6) is 0 Å². The van der Waals surface area contributed by atoms with Crippen LogP contribution in [0.25, 0.3) is 0 Å². The lowest BCUT2D eigenvalue weighted by molar-refractivity contribution is -0.108. The lowest BCUT2D eigenvalue weighted by Gasteiger charge is -2.07. The predicted molar refractivity (Wildman–Crippen MR) is 57.0 cm³/mol. The Bertz CT molecular complexity index is 340. The van der Waals surface area contributed by atoms with Crippen LogP contribution < -0.4 is 0 Å². The molecular weight excluding hydrogens is 192 g/mol. The number of hydrogen-bond acceptors (Lipinski definition) is 2. The summed E-state index contributed by atoms with van der Waals surface area (Å²) in [6, 6.07) is 6.77. The summed E-state index contributed by atoms with van der Waals surface area (Å²) < 4.78 is 0. The Morgan fingerprint density at radius 3 is 2.47 bits per heavy atom. The lowest BCUT2D eigenvalue weighted by Crippen LogP contribution is -2.01. The topological polar surface area (TPSA) is 54.4 Å². The third-order valence-electron chi connectivity index (χ3n) is 2.28. The lowest BCUT2D eigenvalue weighted by atomic mass is 9.98. The van der Waals surface area contributed by atoms with Crippen molar-refractivity contribution in [2.45, 2.75) is 19.8 Å². The number of hydrogen-bond donors (Lipinski definition) is 1. The van der Waals surface area contributed by atoms with E-state index in [1.54, 1.807) is 24.3 Å². The molecule has 1 atom stereocenters. The molecule has 0 saturated heterocycles. The minimum absolute atomic E-state index is 0.293. The first-order valence-electron chi connectivity index (χ1n) is 4.89. The molecule has 0 amide bonds. The zero-order chi connectivity index (χ0) is 11.3. The molecule has 15 heavy (non-hydrogen) atoms. The van der Waals surface area contributed by atoms with Crippen molar-refractivity contribution in [1.29, 1.82) is 0 Å². The van der Waals surface area contributed by atoms with Gasteiger partial charge in [-0.25, -0.2) is 4.79 Å². The minimum atomic E-state index is -0.914. The Balaban J connectivity index is 2.64. The van der Waals surface area contributed by atoms with Crippen LogP contribution in [0.2, 0.25) is 0 Å². The Morgan fingerprint density at radius 1 is 1.40 bits per heavy atom. The van der Waals surface area contributed by atoms with Gasteiger partial charge in [-0.15, -0.1) is 0 Å². The molecule has 0 aliphatic carbocycles. The second kappa shape index (κ2) is 5.29. The van der Waals surface area contributed by atoms with E-state index in [-0.39, 0.29) is 0 Å². The molecular formula is C12H14O3. The second-order valence-electron chi connectivity index (χ2n) is 3.71. The largest absolute Gasteiger partial charge is 0.478 e. The first-order valence-corrected chi connectivity index (χ1v) is 4.89. The van der Waals surface area contributed by atoms with Gasteiger partial charge in [0.25, 0.3) is 0 Å². The highest BCUT2D eigenvalue weighted by Gasteiger charge is 2.05. The predicted octanol–water partition coefficient (Wildman–Crippen LogP) is 2.15. The van der Waals surface area contributed by atoms with Gasteiger partial charge in [0, 0.05) is 6.42 Å².